The Morgan fingerprint density at radius 3 is 2.47 bits per heavy atom. The van der Waals surface area contributed by atoms with Gasteiger partial charge in [-0.2, -0.15) is 13.2 Å². The van der Waals surface area contributed by atoms with Crippen molar-refractivity contribution < 1.29 is 26.7 Å². The molecule has 0 bridgehead atoms. The van der Waals surface area contributed by atoms with Gasteiger partial charge in [0.05, 0.1) is 17.2 Å². The van der Waals surface area contributed by atoms with Gasteiger partial charge in [-0.1, -0.05) is 11.6 Å². The molecule has 1 rings (SSSR count). The van der Waals surface area contributed by atoms with Crippen LogP contribution in [0.15, 0.2) is 23.1 Å². The van der Waals surface area contributed by atoms with Gasteiger partial charge in [-0.15, -0.1) is 0 Å². The number of aliphatic hydroxyl groups excluding tert-OH is 1. The van der Waals surface area contributed by atoms with Crippen LogP contribution >= 0.6 is 11.6 Å². The molecule has 1 atom stereocenters. The number of benzene rings is 1. The van der Waals surface area contributed by atoms with Crippen LogP contribution in [0.25, 0.3) is 0 Å². The molecule has 0 saturated carbocycles. The van der Waals surface area contributed by atoms with Gasteiger partial charge in [-0.05, 0) is 25.1 Å². The second-order valence-electron chi connectivity index (χ2n) is 3.85. The summed E-state index contributed by atoms with van der Waals surface area (Å²) in [5.41, 5.74) is -1.12. The van der Waals surface area contributed by atoms with Gasteiger partial charge < -0.3 is 5.11 Å². The fourth-order valence-electron chi connectivity index (χ4n) is 1.25. The number of hydrogen-bond acceptors (Lipinski definition) is 3. The predicted octanol–water partition coefficient (Wildman–Crippen LogP) is 2.02. The molecule has 2 N–H and O–H groups in total. The van der Waals surface area contributed by atoms with Crippen molar-refractivity contribution in [2.45, 2.75) is 24.0 Å². The van der Waals surface area contributed by atoms with E-state index >= 15 is 0 Å². The zero-order chi connectivity index (χ0) is 14.8. The summed E-state index contributed by atoms with van der Waals surface area (Å²) in [6, 6.07) is 1.17. The number of aliphatic hydroxyl groups is 1. The average molecular weight is 318 g/mol. The quantitative estimate of drug-likeness (QED) is 0.893. The first-order valence-electron chi connectivity index (χ1n) is 5.08. The van der Waals surface area contributed by atoms with Crippen molar-refractivity contribution in [2.75, 3.05) is 6.61 Å². The Hall–Kier alpha value is -0.830. The summed E-state index contributed by atoms with van der Waals surface area (Å²) in [6.07, 6.45) is -4.67. The molecule has 4 nitrogen and oxygen atoms in total. The van der Waals surface area contributed by atoms with Gasteiger partial charge in [0.2, 0.25) is 10.0 Å². The summed E-state index contributed by atoms with van der Waals surface area (Å²) in [4.78, 5) is -0.677. The summed E-state index contributed by atoms with van der Waals surface area (Å²) >= 11 is 5.61. The lowest BCUT2D eigenvalue weighted by molar-refractivity contribution is -0.137. The van der Waals surface area contributed by atoms with Crippen LogP contribution in [0.2, 0.25) is 5.02 Å². The van der Waals surface area contributed by atoms with E-state index < -0.39 is 39.3 Å². The third-order valence-corrected chi connectivity index (χ3v) is 4.25. The Labute approximate surface area is 113 Å². The van der Waals surface area contributed by atoms with Gasteiger partial charge in [0.1, 0.15) is 4.90 Å². The lowest BCUT2D eigenvalue weighted by Gasteiger charge is -2.14. The highest BCUT2D eigenvalue weighted by molar-refractivity contribution is 7.89. The van der Waals surface area contributed by atoms with Crippen LogP contribution in [0.4, 0.5) is 13.2 Å². The van der Waals surface area contributed by atoms with E-state index in [1.54, 1.807) is 0 Å². The maximum absolute atomic E-state index is 12.5. The van der Waals surface area contributed by atoms with Crippen molar-refractivity contribution in [3.63, 3.8) is 0 Å². The molecule has 0 spiro atoms. The van der Waals surface area contributed by atoms with Gasteiger partial charge in [0.25, 0.3) is 0 Å². The molecule has 0 aliphatic rings. The Morgan fingerprint density at radius 1 is 1.42 bits per heavy atom. The van der Waals surface area contributed by atoms with Gasteiger partial charge in [0.15, 0.2) is 0 Å². The molecule has 1 aromatic carbocycles. The summed E-state index contributed by atoms with van der Waals surface area (Å²) in [5.74, 6) is 0. The molecule has 0 aromatic heterocycles. The van der Waals surface area contributed by atoms with Crippen LogP contribution in [0.3, 0.4) is 0 Å². The van der Waals surface area contributed by atoms with Crippen LogP contribution < -0.4 is 4.72 Å². The van der Waals surface area contributed by atoms with E-state index in [9.17, 15) is 21.6 Å². The van der Waals surface area contributed by atoms with E-state index in [1.807, 2.05) is 4.72 Å². The first-order valence-corrected chi connectivity index (χ1v) is 6.94. The Balaban J connectivity index is 3.26. The van der Waals surface area contributed by atoms with E-state index in [0.717, 1.165) is 6.07 Å². The number of hydrogen-bond donors (Lipinski definition) is 2. The van der Waals surface area contributed by atoms with E-state index in [2.05, 4.69) is 0 Å². The summed E-state index contributed by atoms with van der Waals surface area (Å²) in [6.45, 7) is 0.870. The van der Waals surface area contributed by atoms with Crippen molar-refractivity contribution in [3.05, 3.63) is 28.8 Å². The number of sulfonamides is 1. The molecule has 0 heterocycles. The molecule has 19 heavy (non-hydrogen) atoms. The van der Waals surface area contributed by atoms with Crippen LogP contribution in [0, 0.1) is 0 Å². The molecular weight excluding hydrogens is 307 g/mol. The molecule has 0 aliphatic heterocycles. The zero-order valence-electron chi connectivity index (χ0n) is 9.70. The number of alkyl halides is 3. The number of nitrogens with one attached hydrogen (secondary N) is 1. The molecule has 0 unspecified atom stereocenters. The normalized spacial score (nSPS) is 14.4. The fraction of sp³-hybridized carbons (Fsp3) is 0.400. The smallest absolute Gasteiger partial charge is 0.395 e. The molecule has 9 heteroatoms. The van der Waals surface area contributed by atoms with Crippen LogP contribution in [0.1, 0.15) is 12.5 Å². The monoisotopic (exact) mass is 317 g/mol. The lowest BCUT2D eigenvalue weighted by Crippen LogP contribution is -2.35. The molecule has 0 radical (unpaired) electrons. The van der Waals surface area contributed by atoms with Gasteiger partial charge in [0, 0.05) is 6.04 Å². The van der Waals surface area contributed by atoms with Crippen LogP contribution in [0.5, 0.6) is 0 Å². The highest BCUT2D eigenvalue weighted by Gasteiger charge is 2.32. The largest absolute Gasteiger partial charge is 0.416 e. The molecule has 0 amide bonds. The topological polar surface area (TPSA) is 66.4 Å². The molecule has 0 fully saturated rings. The van der Waals surface area contributed by atoms with E-state index in [0.29, 0.717) is 12.1 Å². The number of rotatable bonds is 4. The molecule has 0 aliphatic carbocycles. The Morgan fingerprint density at radius 2 is 2.00 bits per heavy atom. The van der Waals surface area contributed by atoms with Crippen LogP contribution in [-0.2, 0) is 16.2 Å². The minimum Gasteiger partial charge on any atom is -0.395 e. The predicted molar refractivity (Wildman–Crippen MR) is 63.3 cm³/mol. The fourth-order valence-corrected chi connectivity index (χ4v) is 3.01. The van der Waals surface area contributed by atoms with E-state index in [-0.39, 0.29) is 5.02 Å². The highest BCUT2D eigenvalue weighted by Crippen LogP contribution is 2.33. The first-order chi connectivity index (χ1) is 8.58. The minimum absolute atomic E-state index is 0.328. The molecule has 108 valence electrons. The molecule has 1 aromatic rings. The van der Waals surface area contributed by atoms with Crippen molar-refractivity contribution in [3.8, 4) is 0 Å². The third kappa shape index (κ3) is 4.07. The molecular formula is C10H11ClF3NO3S. The summed E-state index contributed by atoms with van der Waals surface area (Å²) in [7, 11) is -4.23. The SMILES string of the molecule is C[C@H](CO)NS(=O)(=O)c1cc(C(F)(F)F)ccc1Cl. The third-order valence-electron chi connectivity index (χ3n) is 2.18. The van der Waals surface area contributed by atoms with E-state index in [1.165, 1.54) is 6.92 Å². The average Bonchev–Trinajstić information content (AvgIpc) is 2.26. The van der Waals surface area contributed by atoms with Gasteiger partial charge in [-0.25, -0.2) is 13.1 Å². The summed E-state index contributed by atoms with van der Waals surface area (Å²) < 4.78 is 63.2. The number of halogens is 4. The maximum Gasteiger partial charge on any atom is 0.416 e. The van der Waals surface area contributed by atoms with Crippen molar-refractivity contribution in [2.24, 2.45) is 0 Å². The van der Waals surface area contributed by atoms with Crippen molar-refractivity contribution in [1.82, 2.24) is 4.72 Å². The zero-order valence-corrected chi connectivity index (χ0v) is 11.3. The van der Waals surface area contributed by atoms with Crippen LogP contribution in [-0.4, -0.2) is 26.2 Å². The van der Waals surface area contributed by atoms with E-state index in [4.69, 9.17) is 16.7 Å². The second-order valence-corrected chi connectivity index (χ2v) is 5.94. The van der Waals surface area contributed by atoms with Gasteiger partial charge >= 0.3 is 6.18 Å². The maximum atomic E-state index is 12.5. The first kappa shape index (κ1) is 16.2. The highest BCUT2D eigenvalue weighted by atomic mass is 35.5. The second kappa shape index (κ2) is 5.66. The van der Waals surface area contributed by atoms with Crippen molar-refractivity contribution in [1.29, 1.82) is 0 Å². The Kier molecular flexibility index (Phi) is 4.83. The Bertz CT molecular complexity index is 560. The summed E-state index contributed by atoms with van der Waals surface area (Å²) in [5, 5.41) is 8.43. The van der Waals surface area contributed by atoms with Gasteiger partial charge in [-0.3, -0.25) is 0 Å². The standard InChI is InChI=1S/C10H11ClF3NO3S/c1-6(5-16)15-19(17,18)9-4-7(10(12,13)14)2-3-8(9)11/h2-4,6,15-16H,5H2,1H3/t6-/m1/s1. The minimum atomic E-state index is -4.67. The molecule has 0 saturated heterocycles. The van der Waals surface area contributed by atoms with Crippen molar-refractivity contribution >= 4 is 21.6 Å². The lowest BCUT2D eigenvalue weighted by atomic mass is 10.2.